The van der Waals surface area contributed by atoms with E-state index >= 15 is 0 Å². The molecule has 0 aromatic heterocycles. The molecule has 0 aliphatic heterocycles. The predicted octanol–water partition coefficient (Wildman–Crippen LogP) is 0.851. The van der Waals surface area contributed by atoms with Gasteiger partial charge in [0.15, 0.2) is 5.79 Å². The average Bonchev–Trinajstić information content (AvgIpc) is 2.05. The summed E-state index contributed by atoms with van der Waals surface area (Å²) in [5.41, 5.74) is -0.384. The third-order valence-electron chi connectivity index (χ3n) is 2.44. The number of hydrogen-bond acceptors (Lipinski definition) is 3. The van der Waals surface area contributed by atoms with Crippen molar-refractivity contribution in [2.75, 3.05) is 13.2 Å². The zero-order valence-corrected chi connectivity index (χ0v) is 11.6. The van der Waals surface area contributed by atoms with Gasteiger partial charge in [0.1, 0.15) is 16.1 Å². The van der Waals surface area contributed by atoms with Crippen molar-refractivity contribution < 1.29 is 13.9 Å². The molecule has 0 saturated carbocycles. The molecule has 0 rings (SSSR count). The predicted molar refractivity (Wildman–Crippen MR) is 56.8 cm³/mol. The lowest BCUT2D eigenvalue weighted by molar-refractivity contribution is -0.291. The van der Waals surface area contributed by atoms with Crippen molar-refractivity contribution in [1.29, 1.82) is 0 Å². The van der Waals surface area contributed by atoms with Crippen LogP contribution in [0.2, 0.25) is 0 Å². The zero-order chi connectivity index (χ0) is 10.5. The maximum Gasteiger partial charge on any atom is 0.192 e. The Bertz CT molecular complexity index is 142. The summed E-state index contributed by atoms with van der Waals surface area (Å²) in [5.74, 6) is -0.641. The van der Waals surface area contributed by atoms with Gasteiger partial charge in [-0.05, 0) is 34.6 Å². The maximum atomic E-state index is 5.60. The summed E-state index contributed by atoms with van der Waals surface area (Å²) in [7, 11) is 0.682. The third kappa shape index (κ3) is 3.05. The van der Waals surface area contributed by atoms with Crippen molar-refractivity contribution in [2.45, 2.75) is 46.0 Å². The lowest BCUT2D eigenvalue weighted by Crippen LogP contribution is -2.53. The second kappa shape index (κ2) is 5.10. The summed E-state index contributed by atoms with van der Waals surface area (Å²) in [6.45, 7) is 11.1. The van der Waals surface area contributed by atoms with E-state index in [2.05, 4.69) is 0 Å². The SMILES string of the molecule is CCOC(C)(OCC)C(C)(C)O[SiH3]. The molecule has 0 radical (unpaired) electrons. The topological polar surface area (TPSA) is 27.7 Å². The van der Waals surface area contributed by atoms with Gasteiger partial charge in [-0.2, -0.15) is 0 Å². The van der Waals surface area contributed by atoms with Gasteiger partial charge in [-0.25, -0.2) is 0 Å². The third-order valence-corrected chi connectivity index (χ3v) is 3.46. The molecule has 0 aromatic carbocycles. The van der Waals surface area contributed by atoms with Gasteiger partial charge in [0.05, 0.1) is 0 Å². The molecule has 0 heterocycles. The second-order valence-corrected chi connectivity index (χ2v) is 3.93. The van der Waals surface area contributed by atoms with E-state index in [-0.39, 0.29) is 5.60 Å². The molecule has 13 heavy (non-hydrogen) atoms. The van der Waals surface area contributed by atoms with Crippen LogP contribution in [0.15, 0.2) is 0 Å². The molecule has 4 heteroatoms. The molecular formula is C9H22O3Si. The monoisotopic (exact) mass is 206 g/mol. The van der Waals surface area contributed by atoms with Crippen LogP contribution in [0.3, 0.4) is 0 Å². The minimum Gasteiger partial charge on any atom is -0.418 e. The van der Waals surface area contributed by atoms with Crippen LogP contribution in [0.1, 0.15) is 34.6 Å². The van der Waals surface area contributed by atoms with E-state index in [1.54, 1.807) is 0 Å². The molecule has 0 aliphatic carbocycles. The Morgan fingerprint density at radius 2 is 1.38 bits per heavy atom. The van der Waals surface area contributed by atoms with Crippen LogP contribution in [-0.4, -0.2) is 35.1 Å². The highest BCUT2D eigenvalue weighted by Crippen LogP contribution is 2.29. The van der Waals surface area contributed by atoms with Gasteiger partial charge >= 0.3 is 0 Å². The van der Waals surface area contributed by atoms with Crippen LogP contribution in [-0.2, 0) is 13.9 Å². The van der Waals surface area contributed by atoms with Gasteiger partial charge in [0.2, 0.25) is 0 Å². The first-order valence-corrected chi connectivity index (χ1v) is 5.58. The molecular weight excluding hydrogens is 184 g/mol. The van der Waals surface area contributed by atoms with Gasteiger partial charge in [-0.3, -0.25) is 0 Å². The second-order valence-electron chi connectivity index (χ2n) is 3.53. The molecule has 0 atom stereocenters. The minimum atomic E-state index is -0.641. The normalized spacial score (nSPS) is 13.6. The van der Waals surface area contributed by atoms with Gasteiger partial charge in [0, 0.05) is 13.2 Å². The number of rotatable bonds is 6. The summed E-state index contributed by atoms with van der Waals surface area (Å²) in [6, 6.07) is 0. The van der Waals surface area contributed by atoms with E-state index in [4.69, 9.17) is 13.9 Å². The fourth-order valence-electron chi connectivity index (χ4n) is 1.13. The first kappa shape index (κ1) is 13.1. The Balaban J connectivity index is 4.55. The van der Waals surface area contributed by atoms with Crippen LogP contribution in [0.5, 0.6) is 0 Å². The van der Waals surface area contributed by atoms with Crippen LogP contribution < -0.4 is 0 Å². The van der Waals surface area contributed by atoms with Crippen molar-refractivity contribution in [3.05, 3.63) is 0 Å². The minimum absolute atomic E-state index is 0.384. The van der Waals surface area contributed by atoms with E-state index in [1.807, 2.05) is 34.6 Å². The first-order valence-electron chi connectivity index (χ1n) is 4.76. The molecule has 0 aromatic rings. The van der Waals surface area contributed by atoms with Crippen LogP contribution in [0.25, 0.3) is 0 Å². The zero-order valence-electron chi connectivity index (χ0n) is 9.64. The quantitative estimate of drug-likeness (QED) is 0.476. The lowest BCUT2D eigenvalue weighted by atomic mass is 9.99. The molecule has 0 amide bonds. The molecule has 0 spiro atoms. The molecule has 80 valence electrons. The van der Waals surface area contributed by atoms with E-state index in [9.17, 15) is 0 Å². The lowest BCUT2D eigenvalue weighted by Gasteiger charge is -2.42. The highest BCUT2D eigenvalue weighted by atomic mass is 28.2. The van der Waals surface area contributed by atoms with Crippen molar-refractivity contribution in [3.63, 3.8) is 0 Å². The molecule has 0 saturated heterocycles. The summed E-state index contributed by atoms with van der Waals surface area (Å²) in [4.78, 5) is 0. The standard InChI is InChI=1S/C9H22O3Si/c1-6-10-9(5,11-7-2)8(3,4)12-13/h6-7H2,1-5,13H3. The molecule has 0 aliphatic rings. The summed E-state index contributed by atoms with van der Waals surface area (Å²) >= 11 is 0. The molecule has 0 fully saturated rings. The number of ether oxygens (including phenoxy) is 2. The Labute approximate surface area is 84.3 Å². The highest BCUT2D eigenvalue weighted by Gasteiger charge is 2.42. The Hall–Kier alpha value is 0.0969. The molecule has 3 nitrogen and oxygen atoms in total. The Morgan fingerprint density at radius 1 is 1.00 bits per heavy atom. The van der Waals surface area contributed by atoms with Crippen molar-refractivity contribution in [3.8, 4) is 0 Å². The van der Waals surface area contributed by atoms with Crippen LogP contribution >= 0.6 is 0 Å². The van der Waals surface area contributed by atoms with Crippen molar-refractivity contribution in [2.24, 2.45) is 0 Å². The first-order chi connectivity index (χ1) is 5.93. The molecule has 0 bridgehead atoms. The highest BCUT2D eigenvalue weighted by molar-refractivity contribution is 5.98. The van der Waals surface area contributed by atoms with E-state index in [0.717, 1.165) is 0 Å². The summed E-state index contributed by atoms with van der Waals surface area (Å²) in [6.07, 6.45) is 0. The molecule has 0 unspecified atom stereocenters. The maximum absolute atomic E-state index is 5.60. The summed E-state index contributed by atoms with van der Waals surface area (Å²) in [5, 5.41) is 0. The van der Waals surface area contributed by atoms with Gasteiger partial charge in [0.25, 0.3) is 0 Å². The Kier molecular flexibility index (Phi) is 5.13. The van der Waals surface area contributed by atoms with E-state index in [0.29, 0.717) is 23.7 Å². The van der Waals surface area contributed by atoms with Crippen LogP contribution in [0, 0.1) is 0 Å². The fourth-order valence-corrected chi connectivity index (χ4v) is 1.50. The van der Waals surface area contributed by atoms with Crippen molar-refractivity contribution >= 4 is 10.5 Å². The van der Waals surface area contributed by atoms with Crippen LogP contribution in [0.4, 0.5) is 0 Å². The van der Waals surface area contributed by atoms with E-state index in [1.165, 1.54) is 0 Å². The number of hydrogen-bond donors (Lipinski definition) is 0. The largest absolute Gasteiger partial charge is 0.418 e. The summed E-state index contributed by atoms with van der Waals surface area (Å²) < 4.78 is 16.7. The fraction of sp³-hybridized carbons (Fsp3) is 1.00. The smallest absolute Gasteiger partial charge is 0.192 e. The van der Waals surface area contributed by atoms with Gasteiger partial charge < -0.3 is 13.9 Å². The average molecular weight is 206 g/mol. The van der Waals surface area contributed by atoms with Gasteiger partial charge in [-0.1, -0.05) is 0 Å². The Morgan fingerprint density at radius 3 is 1.62 bits per heavy atom. The molecule has 0 N–H and O–H groups in total. The van der Waals surface area contributed by atoms with Crippen molar-refractivity contribution in [1.82, 2.24) is 0 Å². The van der Waals surface area contributed by atoms with Gasteiger partial charge in [-0.15, -0.1) is 0 Å². The van der Waals surface area contributed by atoms with E-state index < -0.39 is 5.79 Å².